The van der Waals surface area contributed by atoms with E-state index in [2.05, 4.69) is 60.7 Å². The molecule has 0 unspecified atom stereocenters. The van der Waals surface area contributed by atoms with Crippen LogP contribution in [0.3, 0.4) is 0 Å². The molecule has 0 aliphatic carbocycles. The third-order valence-corrected chi connectivity index (χ3v) is 4.40. The minimum atomic E-state index is 0.0610. The quantitative estimate of drug-likeness (QED) is 0.754. The lowest BCUT2D eigenvalue weighted by molar-refractivity contribution is 0.751. The van der Waals surface area contributed by atoms with Gasteiger partial charge in [-0.05, 0) is 52.1 Å². The van der Waals surface area contributed by atoms with E-state index in [9.17, 15) is 4.79 Å². The summed E-state index contributed by atoms with van der Waals surface area (Å²) in [6.07, 6.45) is 1.93. The average molecular weight is 367 g/mol. The van der Waals surface area contributed by atoms with E-state index in [0.717, 1.165) is 14.7 Å². The number of pyridine rings is 1. The van der Waals surface area contributed by atoms with Gasteiger partial charge < -0.3 is 4.57 Å². The molecule has 0 radical (unpaired) electrons. The van der Waals surface area contributed by atoms with Crippen molar-refractivity contribution in [2.75, 3.05) is 0 Å². The number of benzene rings is 1. The van der Waals surface area contributed by atoms with Gasteiger partial charge in [0, 0.05) is 15.8 Å². The van der Waals surface area contributed by atoms with Gasteiger partial charge in [-0.25, -0.2) is 0 Å². The predicted octanol–water partition coefficient (Wildman–Crippen LogP) is 3.93. The van der Waals surface area contributed by atoms with Gasteiger partial charge in [0.05, 0.1) is 6.54 Å². The van der Waals surface area contributed by atoms with Crippen LogP contribution in [0.2, 0.25) is 0 Å². The number of hydrogen-bond acceptors (Lipinski definition) is 1. The molecule has 0 amide bonds. The van der Waals surface area contributed by atoms with Crippen LogP contribution in [-0.2, 0) is 6.54 Å². The first-order chi connectivity index (χ1) is 8.97. The summed E-state index contributed by atoms with van der Waals surface area (Å²) in [4.78, 5) is 11.9. The normalized spacial score (nSPS) is 11.0. The zero-order valence-electron chi connectivity index (χ0n) is 11.5. The molecular formula is C16H18INO. The molecule has 2 rings (SSSR count). The molecule has 0 saturated carbocycles. The van der Waals surface area contributed by atoms with Crippen molar-refractivity contribution >= 4 is 22.6 Å². The van der Waals surface area contributed by atoms with Crippen LogP contribution in [0, 0.1) is 10.5 Å². The smallest absolute Gasteiger partial charge is 0.251 e. The minimum absolute atomic E-state index is 0.0610. The molecule has 0 bridgehead atoms. The SMILES string of the molecule is Cc1cc(=O)n(Cc2ccc(C(C)C)cc2)cc1I. The van der Waals surface area contributed by atoms with E-state index in [0.29, 0.717) is 12.5 Å². The Morgan fingerprint density at radius 1 is 1.21 bits per heavy atom. The van der Waals surface area contributed by atoms with Crippen LogP contribution < -0.4 is 5.56 Å². The first-order valence-electron chi connectivity index (χ1n) is 6.43. The fourth-order valence-electron chi connectivity index (χ4n) is 1.97. The molecule has 2 nitrogen and oxygen atoms in total. The molecule has 1 aromatic heterocycles. The van der Waals surface area contributed by atoms with Crippen molar-refractivity contribution in [3.8, 4) is 0 Å². The highest BCUT2D eigenvalue weighted by Crippen LogP contribution is 2.15. The van der Waals surface area contributed by atoms with Gasteiger partial charge in [-0.3, -0.25) is 4.79 Å². The number of nitrogens with zero attached hydrogens (tertiary/aromatic N) is 1. The fourth-order valence-corrected chi connectivity index (χ4v) is 2.46. The molecule has 0 fully saturated rings. The van der Waals surface area contributed by atoms with Crippen LogP contribution in [0.1, 0.15) is 36.5 Å². The maximum atomic E-state index is 11.9. The van der Waals surface area contributed by atoms with Crippen molar-refractivity contribution in [2.45, 2.75) is 33.2 Å². The standard InChI is InChI=1S/C16H18INO/c1-11(2)14-6-4-13(5-7-14)9-18-10-15(17)12(3)8-16(18)19/h4-8,10-11H,9H2,1-3H3. The first kappa shape index (κ1) is 14.3. The van der Waals surface area contributed by atoms with Crippen molar-refractivity contribution in [1.82, 2.24) is 4.57 Å². The minimum Gasteiger partial charge on any atom is -0.310 e. The Hall–Kier alpha value is -1.10. The summed E-state index contributed by atoms with van der Waals surface area (Å²) < 4.78 is 2.88. The number of rotatable bonds is 3. The third-order valence-electron chi connectivity index (χ3n) is 3.27. The third kappa shape index (κ3) is 3.47. The molecule has 0 aliphatic rings. The number of halogens is 1. The Morgan fingerprint density at radius 2 is 1.84 bits per heavy atom. The fraction of sp³-hybridized carbons (Fsp3) is 0.312. The number of aryl methyl sites for hydroxylation is 1. The van der Waals surface area contributed by atoms with E-state index < -0.39 is 0 Å². The molecule has 0 atom stereocenters. The van der Waals surface area contributed by atoms with E-state index in [1.165, 1.54) is 5.56 Å². The lowest BCUT2D eigenvalue weighted by atomic mass is 10.0. The second kappa shape index (κ2) is 5.90. The zero-order valence-corrected chi connectivity index (χ0v) is 13.6. The lowest BCUT2D eigenvalue weighted by Gasteiger charge is -2.10. The van der Waals surface area contributed by atoms with Gasteiger partial charge in [-0.1, -0.05) is 38.1 Å². The summed E-state index contributed by atoms with van der Waals surface area (Å²) >= 11 is 2.26. The molecule has 100 valence electrons. The van der Waals surface area contributed by atoms with Crippen LogP contribution >= 0.6 is 22.6 Å². The molecule has 2 aromatic rings. The molecule has 0 spiro atoms. The van der Waals surface area contributed by atoms with Crippen LogP contribution in [0.4, 0.5) is 0 Å². The summed E-state index contributed by atoms with van der Waals surface area (Å²) in [6.45, 7) is 6.96. The van der Waals surface area contributed by atoms with Gasteiger partial charge in [0.2, 0.25) is 0 Å². The van der Waals surface area contributed by atoms with Crippen LogP contribution in [0.25, 0.3) is 0 Å². The first-order valence-corrected chi connectivity index (χ1v) is 7.50. The summed E-state index contributed by atoms with van der Waals surface area (Å²) in [6, 6.07) is 10.2. The monoisotopic (exact) mass is 367 g/mol. The second-order valence-corrected chi connectivity index (χ2v) is 6.33. The zero-order chi connectivity index (χ0) is 14.0. The Kier molecular flexibility index (Phi) is 4.45. The van der Waals surface area contributed by atoms with Gasteiger partial charge in [-0.15, -0.1) is 0 Å². The van der Waals surface area contributed by atoms with Gasteiger partial charge in [0.25, 0.3) is 5.56 Å². The van der Waals surface area contributed by atoms with Crippen molar-refractivity contribution in [3.63, 3.8) is 0 Å². The largest absolute Gasteiger partial charge is 0.310 e. The number of hydrogen-bond donors (Lipinski definition) is 0. The molecule has 3 heteroatoms. The Balaban J connectivity index is 2.26. The topological polar surface area (TPSA) is 22.0 Å². The highest BCUT2D eigenvalue weighted by atomic mass is 127. The van der Waals surface area contributed by atoms with Crippen molar-refractivity contribution < 1.29 is 0 Å². The van der Waals surface area contributed by atoms with Crippen molar-refractivity contribution in [2.24, 2.45) is 0 Å². The summed E-state index contributed by atoms with van der Waals surface area (Å²) in [5.74, 6) is 0.539. The molecular weight excluding hydrogens is 349 g/mol. The van der Waals surface area contributed by atoms with E-state index in [1.54, 1.807) is 10.6 Å². The van der Waals surface area contributed by atoms with Crippen LogP contribution in [0.5, 0.6) is 0 Å². The Morgan fingerprint density at radius 3 is 2.42 bits per heavy atom. The molecule has 1 aromatic carbocycles. The molecule has 1 heterocycles. The van der Waals surface area contributed by atoms with E-state index in [-0.39, 0.29) is 5.56 Å². The van der Waals surface area contributed by atoms with Gasteiger partial charge >= 0.3 is 0 Å². The van der Waals surface area contributed by atoms with Crippen LogP contribution in [-0.4, -0.2) is 4.57 Å². The molecule has 0 N–H and O–H groups in total. The Bertz CT molecular complexity index is 626. The van der Waals surface area contributed by atoms with E-state index >= 15 is 0 Å². The summed E-state index contributed by atoms with van der Waals surface area (Å²) in [5, 5.41) is 0. The lowest BCUT2D eigenvalue weighted by Crippen LogP contribution is -2.20. The van der Waals surface area contributed by atoms with Crippen LogP contribution in [0.15, 0.2) is 41.3 Å². The molecule has 0 aliphatic heterocycles. The second-order valence-electron chi connectivity index (χ2n) is 5.17. The highest BCUT2D eigenvalue weighted by Gasteiger charge is 2.03. The predicted molar refractivity (Wildman–Crippen MR) is 87.8 cm³/mol. The van der Waals surface area contributed by atoms with Gasteiger partial charge in [0.1, 0.15) is 0 Å². The van der Waals surface area contributed by atoms with Gasteiger partial charge in [0.15, 0.2) is 0 Å². The molecule has 0 saturated heterocycles. The van der Waals surface area contributed by atoms with Gasteiger partial charge in [-0.2, -0.15) is 0 Å². The average Bonchev–Trinajstić information content (AvgIpc) is 2.36. The van der Waals surface area contributed by atoms with Crippen molar-refractivity contribution in [3.05, 3.63) is 67.1 Å². The van der Waals surface area contributed by atoms with E-state index in [4.69, 9.17) is 0 Å². The summed E-state index contributed by atoms with van der Waals surface area (Å²) in [5.41, 5.74) is 3.59. The highest BCUT2D eigenvalue weighted by molar-refractivity contribution is 14.1. The Labute approximate surface area is 127 Å². The van der Waals surface area contributed by atoms with E-state index in [1.807, 2.05) is 13.1 Å². The maximum Gasteiger partial charge on any atom is 0.251 e. The number of aromatic nitrogens is 1. The molecule has 19 heavy (non-hydrogen) atoms. The maximum absolute atomic E-state index is 11.9. The van der Waals surface area contributed by atoms with Crippen molar-refractivity contribution in [1.29, 1.82) is 0 Å². The summed E-state index contributed by atoms with van der Waals surface area (Å²) in [7, 11) is 0.